The molecule has 0 aliphatic carbocycles. The van der Waals surface area contributed by atoms with Crippen LogP contribution in [0.2, 0.25) is 6.04 Å². The van der Waals surface area contributed by atoms with Crippen molar-refractivity contribution in [3.05, 3.63) is 60.7 Å². The van der Waals surface area contributed by atoms with Gasteiger partial charge in [-0.15, -0.1) is 0 Å². The van der Waals surface area contributed by atoms with Gasteiger partial charge >= 0.3 is 8.80 Å². The third-order valence-corrected chi connectivity index (χ3v) is 10.7. The van der Waals surface area contributed by atoms with Crippen molar-refractivity contribution in [2.45, 2.75) is 33.2 Å². The number of hydrogen-bond acceptors (Lipinski definition) is 5. The molecule has 160 valence electrons. The van der Waals surface area contributed by atoms with E-state index in [9.17, 15) is 4.57 Å². The molecular formula is C22H34NO4PSi. The van der Waals surface area contributed by atoms with Crippen LogP contribution in [0.4, 0.5) is 0 Å². The Bertz CT molecular complexity index is 684. The van der Waals surface area contributed by atoms with Gasteiger partial charge in [-0.2, -0.15) is 0 Å². The van der Waals surface area contributed by atoms with Crippen LogP contribution >= 0.6 is 7.14 Å². The van der Waals surface area contributed by atoms with Crippen LogP contribution in [-0.2, 0) is 17.8 Å². The quantitative estimate of drug-likeness (QED) is 0.276. The zero-order valence-corrected chi connectivity index (χ0v) is 19.7. The van der Waals surface area contributed by atoms with Crippen LogP contribution in [0.3, 0.4) is 0 Å². The van der Waals surface area contributed by atoms with Crippen LogP contribution in [0.15, 0.2) is 60.7 Å². The van der Waals surface area contributed by atoms with Gasteiger partial charge < -0.3 is 23.2 Å². The zero-order chi connectivity index (χ0) is 21.0. The maximum Gasteiger partial charge on any atom is 0.500 e. The summed E-state index contributed by atoms with van der Waals surface area (Å²) in [6, 6.07) is 20.2. The van der Waals surface area contributed by atoms with Crippen molar-refractivity contribution < 1.29 is 17.8 Å². The zero-order valence-electron chi connectivity index (χ0n) is 17.8. The van der Waals surface area contributed by atoms with E-state index < -0.39 is 15.9 Å². The van der Waals surface area contributed by atoms with Crippen LogP contribution in [0.1, 0.15) is 27.2 Å². The molecule has 2 aromatic rings. The summed E-state index contributed by atoms with van der Waals surface area (Å²) >= 11 is 0. The van der Waals surface area contributed by atoms with Crippen LogP contribution < -0.4 is 15.9 Å². The molecule has 0 bridgehead atoms. The first kappa shape index (κ1) is 24.0. The van der Waals surface area contributed by atoms with Gasteiger partial charge in [-0.05, 0) is 33.7 Å². The van der Waals surface area contributed by atoms with Crippen LogP contribution in [-0.4, -0.2) is 41.5 Å². The van der Waals surface area contributed by atoms with E-state index in [0.29, 0.717) is 26.1 Å². The lowest BCUT2D eigenvalue weighted by atomic mass is 10.4. The Kier molecular flexibility index (Phi) is 10.3. The molecule has 1 N–H and O–H groups in total. The van der Waals surface area contributed by atoms with Gasteiger partial charge in [0.1, 0.15) is 0 Å². The van der Waals surface area contributed by atoms with E-state index in [1.165, 1.54) is 0 Å². The number of benzene rings is 2. The average molecular weight is 436 g/mol. The fraction of sp³-hybridized carbons (Fsp3) is 0.455. The second-order valence-electron chi connectivity index (χ2n) is 6.65. The number of hydrogen-bond donors (Lipinski definition) is 1. The third kappa shape index (κ3) is 6.88. The Morgan fingerprint density at radius 3 is 1.66 bits per heavy atom. The third-order valence-electron chi connectivity index (χ3n) is 4.61. The molecule has 29 heavy (non-hydrogen) atoms. The molecule has 0 radical (unpaired) electrons. The lowest BCUT2D eigenvalue weighted by Crippen LogP contribution is -2.46. The smallest absolute Gasteiger partial charge is 0.374 e. The van der Waals surface area contributed by atoms with Crippen LogP contribution in [0, 0.1) is 0 Å². The van der Waals surface area contributed by atoms with Crippen LogP contribution in [0.5, 0.6) is 0 Å². The van der Waals surface area contributed by atoms with E-state index in [2.05, 4.69) is 5.32 Å². The summed E-state index contributed by atoms with van der Waals surface area (Å²) in [5.74, 6) is 0. The first-order valence-corrected chi connectivity index (χ1v) is 14.3. The number of rotatable bonds is 14. The predicted molar refractivity (Wildman–Crippen MR) is 123 cm³/mol. The first-order valence-electron chi connectivity index (χ1n) is 10.4. The SMILES string of the molecule is CCO[Si](CCCNCP(=O)(c1ccccc1)c1ccccc1)(OCC)OCC. The maximum atomic E-state index is 14.0. The van der Waals surface area contributed by atoms with Gasteiger partial charge in [-0.3, -0.25) is 0 Å². The van der Waals surface area contributed by atoms with E-state index in [1.54, 1.807) is 0 Å². The molecule has 0 unspecified atom stereocenters. The molecule has 0 aliphatic rings. The molecule has 0 saturated heterocycles. The van der Waals surface area contributed by atoms with Crippen molar-refractivity contribution in [3.8, 4) is 0 Å². The van der Waals surface area contributed by atoms with Gasteiger partial charge in [0, 0.05) is 36.5 Å². The minimum absolute atomic E-state index is 0.424. The Hall–Kier alpha value is -1.27. The molecule has 0 saturated carbocycles. The maximum absolute atomic E-state index is 14.0. The highest BCUT2D eigenvalue weighted by Gasteiger charge is 2.39. The lowest BCUT2D eigenvalue weighted by Gasteiger charge is -2.28. The fourth-order valence-corrected chi connectivity index (χ4v) is 8.39. The fourth-order valence-electron chi connectivity index (χ4n) is 3.34. The van der Waals surface area contributed by atoms with Gasteiger partial charge in [0.05, 0.1) is 6.29 Å². The van der Waals surface area contributed by atoms with E-state index in [1.807, 2.05) is 81.4 Å². The topological polar surface area (TPSA) is 56.8 Å². The second-order valence-corrected chi connectivity index (χ2v) is 12.2. The summed E-state index contributed by atoms with van der Waals surface area (Å²) in [4.78, 5) is 0. The summed E-state index contributed by atoms with van der Waals surface area (Å²) < 4.78 is 31.7. The summed E-state index contributed by atoms with van der Waals surface area (Å²) in [7, 11) is -5.36. The summed E-state index contributed by atoms with van der Waals surface area (Å²) in [5.41, 5.74) is 0. The molecular weight excluding hydrogens is 401 g/mol. The van der Waals surface area contributed by atoms with Gasteiger partial charge in [0.2, 0.25) is 0 Å². The highest BCUT2D eigenvalue weighted by Crippen LogP contribution is 2.41. The molecule has 0 atom stereocenters. The summed E-state index contributed by atoms with van der Waals surface area (Å²) in [5, 5.41) is 5.17. The highest BCUT2D eigenvalue weighted by molar-refractivity contribution is 7.78. The molecule has 0 fully saturated rings. The van der Waals surface area contributed by atoms with Crippen molar-refractivity contribution in [1.29, 1.82) is 0 Å². The molecule has 7 heteroatoms. The Labute approximate surface area is 176 Å². The molecule has 0 amide bonds. The second kappa shape index (κ2) is 12.4. The molecule has 0 heterocycles. The largest absolute Gasteiger partial charge is 0.500 e. The van der Waals surface area contributed by atoms with E-state index in [0.717, 1.165) is 29.6 Å². The molecule has 2 aromatic carbocycles. The Balaban J connectivity index is 2.01. The minimum Gasteiger partial charge on any atom is -0.374 e. The number of nitrogens with one attached hydrogen (secondary N) is 1. The molecule has 0 aromatic heterocycles. The summed E-state index contributed by atoms with van der Waals surface area (Å²) in [6.07, 6.45) is 1.27. The lowest BCUT2D eigenvalue weighted by molar-refractivity contribution is 0.0708. The standard InChI is InChI=1S/C22H34NO4PSi/c1-4-25-29(26-5-2,27-6-3)19-13-18-23-20-28(24,21-14-9-7-10-15-21)22-16-11-8-12-17-22/h7-12,14-17,23H,4-6,13,18-20H2,1-3H3. The van der Waals surface area contributed by atoms with Gasteiger partial charge in [0.25, 0.3) is 0 Å². The van der Waals surface area contributed by atoms with Crippen molar-refractivity contribution >= 4 is 26.6 Å². The minimum atomic E-state index is -2.74. The van der Waals surface area contributed by atoms with Crippen molar-refractivity contribution in [2.24, 2.45) is 0 Å². The van der Waals surface area contributed by atoms with Crippen LogP contribution in [0.25, 0.3) is 0 Å². The van der Waals surface area contributed by atoms with E-state index in [4.69, 9.17) is 13.3 Å². The van der Waals surface area contributed by atoms with Crippen molar-refractivity contribution in [2.75, 3.05) is 32.7 Å². The predicted octanol–water partition coefficient (Wildman–Crippen LogP) is 3.99. The van der Waals surface area contributed by atoms with Gasteiger partial charge in [0.15, 0.2) is 7.14 Å². The van der Waals surface area contributed by atoms with Crippen molar-refractivity contribution in [3.63, 3.8) is 0 Å². The van der Waals surface area contributed by atoms with E-state index in [-0.39, 0.29) is 0 Å². The Morgan fingerprint density at radius 1 is 0.793 bits per heavy atom. The normalized spacial score (nSPS) is 12.2. The Morgan fingerprint density at radius 2 is 1.24 bits per heavy atom. The van der Waals surface area contributed by atoms with Gasteiger partial charge in [-0.25, -0.2) is 0 Å². The molecule has 5 nitrogen and oxygen atoms in total. The summed E-state index contributed by atoms with van der Waals surface area (Å²) in [6.45, 7) is 8.37. The molecule has 2 rings (SSSR count). The highest BCUT2D eigenvalue weighted by atomic mass is 31.2. The van der Waals surface area contributed by atoms with Crippen molar-refractivity contribution in [1.82, 2.24) is 5.32 Å². The van der Waals surface area contributed by atoms with E-state index >= 15 is 0 Å². The average Bonchev–Trinajstić information content (AvgIpc) is 2.75. The molecule has 0 aliphatic heterocycles. The molecule has 0 spiro atoms. The van der Waals surface area contributed by atoms with Gasteiger partial charge in [-0.1, -0.05) is 60.7 Å². The monoisotopic (exact) mass is 435 g/mol. The first-order chi connectivity index (χ1) is 14.1.